The van der Waals surface area contributed by atoms with Gasteiger partial charge in [0, 0.05) is 16.0 Å². The van der Waals surface area contributed by atoms with E-state index in [0.29, 0.717) is 10.1 Å². The molecular formula is C23H16ClF2N5O4S. The van der Waals surface area contributed by atoms with E-state index in [-0.39, 0.29) is 46.8 Å². The lowest BCUT2D eigenvalue weighted by Gasteiger charge is -2.28. The molecule has 0 saturated carbocycles. The number of esters is 1. The number of carbonyl (C=O) groups excluding carboxylic acids is 3. The van der Waals surface area contributed by atoms with Crippen molar-refractivity contribution >= 4 is 56.8 Å². The molecule has 4 aromatic rings. The van der Waals surface area contributed by atoms with Gasteiger partial charge in [-0.3, -0.25) is 9.59 Å². The predicted molar refractivity (Wildman–Crippen MR) is 127 cm³/mol. The summed E-state index contributed by atoms with van der Waals surface area (Å²) < 4.78 is 39.0. The Morgan fingerprint density at radius 3 is 2.78 bits per heavy atom. The first-order valence-electron chi connectivity index (χ1n) is 10.6. The number of fused-ring (bicyclic) bond motifs is 2. The number of hydrogen-bond donors (Lipinski definition) is 2. The first-order chi connectivity index (χ1) is 17.3. The fourth-order valence-electron chi connectivity index (χ4n) is 3.98. The molecule has 2 aromatic carbocycles. The minimum Gasteiger partial charge on any atom is -0.460 e. The predicted octanol–water partition coefficient (Wildman–Crippen LogP) is 4.07. The topological polar surface area (TPSA) is 115 Å². The standard InChI is InChI=1S/C23H16ClF2N5O4S/c1-2-35-23(34)21-28-20(29-22(33)18-13-8-11(26)4-6-15(13)36-30-18)19-17(27-16(32)9-31(19)21)12-7-10(25)3-5-14(12)24/h3-8,17H,2,9H2,1H3,(H,27,32)(H,29,33)/t17-/m1/s1. The maximum Gasteiger partial charge on any atom is 0.374 e. The van der Waals surface area contributed by atoms with Crippen LogP contribution in [0, 0.1) is 11.6 Å². The van der Waals surface area contributed by atoms with Crippen LogP contribution in [-0.2, 0) is 16.1 Å². The highest BCUT2D eigenvalue weighted by Gasteiger charge is 2.36. The van der Waals surface area contributed by atoms with Gasteiger partial charge in [0.25, 0.3) is 5.91 Å². The van der Waals surface area contributed by atoms with E-state index in [1.807, 2.05) is 0 Å². The van der Waals surface area contributed by atoms with Gasteiger partial charge >= 0.3 is 5.97 Å². The van der Waals surface area contributed by atoms with Gasteiger partial charge in [-0.2, -0.15) is 4.37 Å². The van der Waals surface area contributed by atoms with Gasteiger partial charge in [-0.15, -0.1) is 0 Å². The van der Waals surface area contributed by atoms with Crippen LogP contribution in [-0.4, -0.2) is 38.3 Å². The number of rotatable bonds is 5. The highest BCUT2D eigenvalue weighted by atomic mass is 35.5. The van der Waals surface area contributed by atoms with Gasteiger partial charge in [-0.1, -0.05) is 11.6 Å². The quantitative estimate of drug-likeness (QED) is 0.375. The third-order valence-electron chi connectivity index (χ3n) is 5.49. The Hall–Kier alpha value is -3.90. The molecule has 13 heteroatoms. The number of nitrogens with zero attached hydrogens (tertiary/aromatic N) is 3. The van der Waals surface area contributed by atoms with Crippen molar-refractivity contribution in [3.8, 4) is 0 Å². The first-order valence-corrected chi connectivity index (χ1v) is 11.8. The summed E-state index contributed by atoms with van der Waals surface area (Å²) >= 11 is 7.33. The van der Waals surface area contributed by atoms with Crippen LogP contribution < -0.4 is 10.6 Å². The molecule has 0 fully saturated rings. The van der Waals surface area contributed by atoms with E-state index in [2.05, 4.69) is 20.0 Å². The lowest BCUT2D eigenvalue weighted by Crippen LogP contribution is -2.40. The van der Waals surface area contributed by atoms with Gasteiger partial charge in [-0.05, 0) is 54.9 Å². The summed E-state index contributed by atoms with van der Waals surface area (Å²) in [5.41, 5.74) is 0.330. The van der Waals surface area contributed by atoms with Crippen molar-refractivity contribution < 1.29 is 27.9 Å². The molecule has 2 amide bonds. The molecule has 184 valence electrons. The van der Waals surface area contributed by atoms with Crippen molar-refractivity contribution in [2.45, 2.75) is 19.5 Å². The molecule has 2 N–H and O–H groups in total. The summed E-state index contributed by atoms with van der Waals surface area (Å²) in [7, 11) is 0. The molecule has 0 unspecified atom stereocenters. The maximum atomic E-state index is 14.1. The molecule has 0 radical (unpaired) electrons. The molecule has 1 aliphatic rings. The Labute approximate surface area is 211 Å². The van der Waals surface area contributed by atoms with Gasteiger partial charge in [0.2, 0.25) is 11.7 Å². The van der Waals surface area contributed by atoms with Crippen molar-refractivity contribution in [1.82, 2.24) is 19.2 Å². The van der Waals surface area contributed by atoms with Crippen LogP contribution in [0.15, 0.2) is 36.4 Å². The van der Waals surface area contributed by atoms with Gasteiger partial charge in [0.15, 0.2) is 5.82 Å². The SMILES string of the molecule is CCOC(=O)c1nc(NC(=O)c2nsc3ccc(F)cc23)c2n1CC(=O)N[C@@H]2c1cc(F)ccc1Cl. The second-order valence-electron chi connectivity index (χ2n) is 7.77. The van der Waals surface area contributed by atoms with Crippen LogP contribution in [0.25, 0.3) is 10.1 Å². The first kappa shape index (κ1) is 23.8. The van der Waals surface area contributed by atoms with Crippen LogP contribution in [0.2, 0.25) is 5.02 Å². The average Bonchev–Trinajstić information content (AvgIpc) is 3.41. The van der Waals surface area contributed by atoms with Crippen LogP contribution in [0.5, 0.6) is 0 Å². The molecule has 2 aromatic heterocycles. The van der Waals surface area contributed by atoms with Crippen LogP contribution in [0.3, 0.4) is 0 Å². The molecule has 1 atom stereocenters. The third-order valence-corrected chi connectivity index (χ3v) is 6.66. The Bertz CT molecular complexity index is 1550. The summed E-state index contributed by atoms with van der Waals surface area (Å²) in [5, 5.41) is 5.76. The number of nitrogens with one attached hydrogen (secondary N) is 2. The van der Waals surface area contributed by atoms with Gasteiger partial charge < -0.3 is 19.9 Å². The monoisotopic (exact) mass is 531 g/mol. The molecule has 5 rings (SSSR count). The van der Waals surface area contributed by atoms with Crippen molar-refractivity contribution in [2.24, 2.45) is 0 Å². The molecule has 9 nitrogen and oxygen atoms in total. The Kier molecular flexibility index (Phi) is 6.14. The van der Waals surface area contributed by atoms with Gasteiger partial charge in [0.05, 0.1) is 23.0 Å². The average molecular weight is 532 g/mol. The van der Waals surface area contributed by atoms with Crippen molar-refractivity contribution in [2.75, 3.05) is 11.9 Å². The Balaban J connectivity index is 1.64. The van der Waals surface area contributed by atoms with Crippen LogP contribution >= 0.6 is 23.1 Å². The molecule has 3 heterocycles. The second-order valence-corrected chi connectivity index (χ2v) is 8.98. The number of anilines is 1. The smallest absolute Gasteiger partial charge is 0.374 e. The molecule has 0 aliphatic carbocycles. The Morgan fingerprint density at radius 1 is 1.25 bits per heavy atom. The van der Waals surface area contributed by atoms with E-state index in [1.54, 1.807) is 6.92 Å². The zero-order valence-electron chi connectivity index (χ0n) is 18.5. The minimum absolute atomic E-state index is 0.0461. The molecular weight excluding hydrogens is 516 g/mol. The molecule has 0 saturated heterocycles. The number of amides is 2. The Morgan fingerprint density at radius 2 is 2.00 bits per heavy atom. The number of ether oxygens (including phenoxy) is 1. The fraction of sp³-hybridized carbons (Fsp3) is 0.174. The van der Waals surface area contributed by atoms with E-state index in [9.17, 15) is 23.2 Å². The fourth-order valence-corrected chi connectivity index (χ4v) is 4.96. The van der Waals surface area contributed by atoms with E-state index in [4.69, 9.17) is 16.3 Å². The van der Waals surface area contributed by atoms with Crippen molar-refractivity contribution in [3.63, 3.8) is 0 Å². The van der Waals surface area contributed by atoms with Gasteiger partial charge in [0.1, 0.15) is 23.9 Å². The number of aromatic nitrogens is 3. The summed E-state index contributed by atoms with van der Waals surface area (Å²) in [6.45, 7) is 1.35. The summed E-state index contributed by atoms with van der Waals surface area (Å²) in [6.07, 6.45) is 0. The lowest BCUT2D eigenvalue weighted by atomic mass is 10.0. The van der Waals surface area contributed by atoms with E-state index < -0.39 is 35.5 Å². The number of imidazole rings is 1. The van der Waals surface area contributed by atoms with E-state index in [0.717, 1.165) is 23.7 Å². The minimum atomic E-state index is -1.05. The lowest BCUT2D eigenvalue weighted by molar-refractivity contribution is -0.123. The zero-order chi connectivity index (χ0) is 25.6. The summed E-state index contributed by atoms with van der Waals surface area (Å²) in [6, 6.07) is 6.54. The number of hydrogen-bond acceptors (Lipinski definition) is 7. The largest absolute Gasteiger partial charge is 0.460 e. The van der Waals surface area contributed by atoms with E-state index in [1.165, 1.54) is 28.8 Å². The van der Waals surface area contributed by atoms with Crippen molar-refractivity contribution in [1.29, 1.82) is 0 Å². The zero-order valence-corrected chi connectivity index (χ0v) is 20.0. The molecule has 1 aliphatic heterocycles. The maximum absolute atomic E-state index is 14.1. The second kappa shape index (κ2) is 9.28. The summed E-state index contributed by atoms with van der Waals surface area (Å²) in [4.78, 5) is 42.6. The van der Waals surface area contributed by atoms with Crippen LogP contribution in [0.4, 0.5) is 14.6 Å². The summed E-state index contributed by atoms with van der Waals surface area (Å²) in [5.74, 6) is -3.50. The third kappa shape index (κ3) is 4.18. The highest BCUT2D eigenvalue weighted by molar-refractivity contribution is 7.13. The highest BCUT2D eigenvalue weighted by Crippen LogP contribution is 2.36. The van der Waals surface area contributed by atoms with E-state index >= 15 is 0 Å². The molecule has 36 heavy (non-hydrogen) atoms. The normalized spacial score (nSPS) is 14.9. The number of halogens is 3. The van der Waals surface area contributed by atoms with Gasteiger partial charge in [-0.25, -0.2) is 18.6 Å². The number of carbonyl (C=O) groups is 3. The van der Waals surface area contributed by atoms with Crippen LogP contribution in [0.1, 0.15) is 45.3 Å². The molecule has 0 spiro atoms. The number of benzene rings is 2. The van der Waals surface area contributed by atoms with Crippen molar-refractivity contribution in [3.05, 3.63) is 75.8 Å². The molecule has 0 bridgehead atoms.